The van der Waals surface area contributed by atoms with Crippen molar-refractivity contribution in [3.05, 3.63) is 28.3 Å². The second-order valence-corrected chi connectivity index (χ2v) is 4.84. The van der Waals surface area contributed by atoms with Gasteiger partial charge in [-0.2, -0.15) is 5.10 Å². The first-order valence-electron chi connectivity index (χ1n) is 5.85. The molecular formula is C12H14N4S. The minimum absolute atomic E-state index is 0.748. The molecule has 2 heterocycles. The molecule has 1 N–H and O–H groups in total. The van der Waals surface area contributed by atoms with Gasteiger partial charge in [-0.05, 0) is 25.7 Å². The second kappa shape index (κ2) is 4.07. The molecule has 0 bridgehead atoms. The Morgan fingerprint density at radius 3 is 2.94 bits per heavy atom. The fraction of sp³-hybridized carbons (Fsp3) is 0.417. The van der Waals surface area contributed by atoms with Gasteiger partial charge in [-0.3, -0.25) is 4.68 Å². The van der Waals surface area contributed by atoms with E-state index < -0.39 is 0 Å². The summed E-state index contributed by atoms with van der Waals surface area (Å²) in [6.45, 7) is 0. The number of hydrogen-bond donors (Lipinski definition) is 1. The van der Waals surface area contributed by atoms with Gasteiger partial charge in [-0.15, -0.1) is 0 Å². The lowest BCUT2D eigenvalue weighted by atomic mass is 9.97. The van der Waals surface area contributed by atoms with Gasteiger partial charge in [-0.1, -0.05) is 12.2 Å². The Balaban J connectivity index is 2.13. The quantitative estimate of drug-likeness (QED) is 0.786. The number of nitrogens with one attached hydrogen (secondary N) is 1. The first-order chi connectivity index (χ1) is 8.24. The third-order valence-electron chi connectivity index (χ3n) is 3.19. The van der Waals surface area contributed by atoms with Crippen molar-refractivity contribution in [2.45, 2.75) is 25.7 Å². The minimum atomic E-state index is 0.748. The Morgan fingerprint density at radius 1 is 1.35 bits per heavy atom. The molecule has 1 aliphatic carbocycles. The number of fused-ring (bicyclic) bond motifs is 1. The maximum absolute atomic E-state index is 5.37. The molecule has 5 heteroatoms. The van der Waals surface area contributed by atoms with Gasteiger partial charge in [0, 0.05) is 24.5 Å². The summed E-state index contributed by atoms with van der Waals surface area (Å²) in [6.07, 6.45) is 8.35. The van der Waals surface area contributed by atoms with Gasteiger partial charge in [0.1, 0.15) is 10.5 Å². The average molecular weight is 246 g/mol. The van der Waals surface area contributed by atoms with Gasteiger partial charge in [-0.25, -0.2) is 4.98 Å². The van der Waals surface area contributed by atoms with Crippen molar-refractivity contribution >= 4 is 12.2 Å². The number of hydrogen-bond acceptors (Lipinski definition) is 3. The SMILES string of the molecule is Cn1cc(-c2nc(=S)c3c([nH]2)CCCC3)cn1. The van der Waals surface area contributed by atoms with Gasteiger partial charge in [0.2, 0.25) is 0 Å². The van der Waals surface area contributed by atoms with Crippen molar-refractivity contribution in [3.63, 3.8) is 0 Å². The summed E-state index contributed by atoms with van der Waals surface area (Å²) >= 11 is 5.37. The topological polar surface area (TPSA) is 46.5 Å². The van der Waals surface area contributed by atoms with Crippen LogP contribution in [0.4, 0.5) is 0 Å². The van der Waals surface area contributed by atoms with Gasteiger partial charge in [0.15, 0.2) is 0 Å². The van der Waals surface area contributed by atoms with Crippen molar-refractivity contribution in [1.29, 1.82) is 0 Å². The van der Waals surface area contributed by atoms with Crippen LogP contribution in [0.15, 0.2) is 12.4 Å². The summed E-state index contributed by atoms with van der Waals surface area (Å²) in [5, 5.41) is 4.16. The summed E-state index contributed by atoms with van der Waals surface area (Å²) in [5.41, 5.74) is 3.49. The van der Waals surface area contributed by atoms with Crippen molar-refractivity contribution in [1.82, 2.24) is 19.7 Å². The molecule has 17 heavy (non-hydrogen) atoms. The van der Waals surface area contributed by atoms with Crippen LogP contribution in [0.2, 0.25) is 0 Å². The lowest BCUT2D eigenvalue weighted by molar-refractivity contribution is 0.661. The average Bonchev–Trinajstić information content (AvgIpc) is 2.76. The van der Waals surface area contributed by atoms with Crippen molar-refractivity contribution in [2.24, 2.45) is 7.05 Å². The molecular weight excluding hydrogens is 232 g/mol. The number of aromatic nitrogens is 4. The van der Waals surface area contributed by atoms with Crippen LogP contribution >= 0.6 is 12.2 Å². The van der Waals surface area contributed by atoms with E-state index in [1.165, 1.54) is 24.1 Å². The van der Waals surface area contributed by atoms with Crippen molar-refractivity contribution in [2.75, 3.05) is 0 Å². The van der Waals surface area contributed by atoms with Gasteiger partial charge < -0.3 is 4.98 Å². The molecule has 0 atom stereocenters. The lowest BCUT2D eigenvalue weighted by Crippen LogP contribution is -2.08. The van der Waals surface area contributed by atoms with Crippen molar-refractivity contribution < 1.29 is 0 Å². The normalized spacial score (nSPS) is 14.6. The molecule has 0 spiro atoms. The van der Waals surface area contributed by atoms with E-state index in [1.807, 2.05) is 19.4 Å². The Hall–Kier alpha value is -1.49. The van der Waals surface area contributed by atoms with Crippen LogP contribution in [0.1, 0.15) is 24.1 Å². The number of nitrogens with zero attached hydrogens (tertiary/aromatic N) is 3. The molecule has 88 valence electrons. The summed E-state index contributed by atoms with van der Waals surface area (Å²) in [7, 11) is 1.90. The molecule has 0 fully saturated rings. The van der Waals surface area contributed by atoms with E-state index in [0.29, 0.717) is 0 Å². The highest BCUT2D eigenvalue weighted by molar-refractivity contribution is 7.71. The largest absolute Gasteiger partial charge is 0.343 e. The smallest absolute Gasteiger partial charge is 0.142 e. The Kier molecular flexibility index (Phi) is 2.55. The molecule has 0 saturated carbocycles. The lowest BCUT2D eigenvalue weighted by Gasteiger charge is -2.15. The third-order valence-corrected chi connectivity index (χ3v) is 3.52. The number of H-pyrrole nitrogens is 1. The maximum Gasteiger partial charge on any atom is 0.142 e. The number of aromatic amines is 1. The predicted molar refractivity (Wildman–Crippen MR) is 68.3 cm³/mol. The zero-order valence-corrected chi connectivity index (χ0v) is 10.5. The molecule has 0 aliphatic heterocycles. The maximum atomic E-state index is 5.37. The highest BCUT2D eigenvalue weighted by Crippen LogP contribution is 2.23. The molecule has 2 aromatic heterocycles. The molecule has 1 aliphatic rings. The Morgan fingerprint density at radius 2 is 2.18 bits per heavy atom. The van der Waals surface area contributed by atoms with E-state index in [-0.39, 0.29) is 0 Å². The third kappa shape index (κ3) is 1.91. The van der Waals surface area contributed by atoms with Gasteiger partial charge >= 0.3 is 0 Å². The van der Waals surface area contributed by atoms with Crippen LogP contribution in [0.25, 0.3) is 11.4 Å². The second-order valence-electron chi connectivity index (χ2n) is 4.46. The van der Waals surface area contributed by atoms with E-state index >= 15 is 0 Å². The standard InChI is InChI=1S/C12H14N4S/c1-16-7-8(6-13-16)11-14-10-5-3-2-4-9(10)12(17)15-11/h6-7H,2-5H2,1H3,(H,14,15,17). The summed E-state index contributed by atoms with van der Waals surface area (Å²) in [6, 6.07) is 0. The fourth-order valence-electron chi connectivity index (χ4n) is 2.30. The monoisotopic (exact) mass is 246 g/mol. The van der Waals surface area contributed by atoms with Crippen molar-refractivity contribution in [3.8, 4) is 11.4 Å². The molecule has 0 aromatic carbocycles. The Labute approximate surface area is 105 Å². The van der Waals surface area contributed by atoms with Crippen LogP contribution in [-0.4, -0.2) is 19.7 Å². The van der Waals surface area contributed by atoms with Gasteiger partial charge in [0.05, 0.1) is 11.8 Å². The van der Waals surface area contributed by atoms with E-state index in [4.69, 9.17) is 12.2 Å². The summed E-state index contributed by atoms with van der Waals surface area (Å²) < 4.78 is 2.52. The predicted octanol–water partition coefficient (Wildman–Crippen LogP) is 2.42. The zero-order valence-electron chi connectivity index (χ0n) is 9.73. The molecule has 3 rings (SSSR count). The zero-order chi connectivity index (χ0) is 11.8. The molecule has 4 nitrogen and oxygen atoms in total. The van der Waals surface area contributed by atoms with Crippen LogP contribution < -0.4 is 0 Å². The molecule has 2 aromatic rings. The van der Waals surface area contributed by atoms with Crippen LogP contribution in [-0.2, 0) is 19.9 Å². The van der Waals surface area contributed by atoms with Crippen LogP contribution in [0.3, 0.4) is 0 Å². The minimum Gasteiger partial charge on any atom is -0.343 e. The molecule has 0 amide bonds. The summed E-state index contributed by atoms with van der Waals surface area (Å²) in [4.78, 5) is 7.88. The number of rotatable bonds is 1. The first-order valence-corrected chi connectivity index (χ1v) is 6.26. The fourth-order valence-corrected chi connectivity index (χ4v) is 2.62. The first kappa shape index (κ1) is 10.7. The Bertz CT molecular complexity index is 611. The number of aryl methyl sites for hydroxylation is 2. The molecule has 0 radical (unpaired) electrons. The van der Waals surface area contributed by atoms with Crippen LogP contribution in [0, 0.1) is 4.64 Å². The van der Waals surface area contributed by atoms with Gasteiger partial charge in [0.25, 0.3) is 0 Å². The van der Waals surface area contributed by atoms with E-state index in [2.05, 4.69) is 15.1 Å². The van der Waals surface area contributed by atoms with E-state index in [0.717, 1.165) is 28.9 Å². The summed E-state index contributed by atoms with van der Waals surface area (Å²) in [5.74, 6) is 0.837. The van der Waals surface area contributed by atoms with E-state index in [9.17, 15) is 0 Å². The highest BCUT2D eigenvalue weighted by Gasteiger charge is 2.14. The highest BCUT2D eigenvalue weighted by atomic mass is 32.1. The van der Waals surface area contributed by atoms with E-state index in [1.54, 1.807) is 4.68 Å². The molecule has 0 saturated heterocycles. The molecule has 0 unspecified atom stereocenters. The van der Waals surface area contributed by atoms with Crippen LogP contribution in [0.5, 0.6) is 0 Å².